The second-order valence-electron chi connectivity index (χ2n) is 4.15. The number of hydrazone groups is 1. The van der Waals surface area contributed by atoms with Gasteiger partial charge in [-0.1, -0.05) is 0 Å². The smallest absolute Gasteiger partial charge is 0.254 e. The van der Waals surface area contributed by atoms with Gasteiger partial charge in [0.2, 0.25) is 0 Å². The van der Waals surface area contributed by atoms with Gasteiger partial charge in [0, 0.05) is 18.0 Å². The van der Waals surface area contributed by atoms with Gasteiger partial charge in [-0.25, -0.2) is 5.43 Å². The van der Waals surface area contributed by atoms with Gasteiger partial charge in [-0.3, -0.25) is 9.69 Å². The number of hydrogen-bond donors (Lipinski definition) is 1. The van der Waals surface area contributed by atoms with Crippen LogP contribution in [0.1, 0.15) is 10.4 Å². The molecular formula is C12H17N3O2S. The number of thiophene rings is 1. The molecule has 5 nitrogen and oxygen atoms in total. The van der Waals surface area contributed by atoms with Crippen molar-refractivity contribution in [2.24, 2.45) is 5.10 Å². The van der Waals surface area contributed by atoms with E-state index in [1.165, 1.54) is 5.56 Å². The fraction of sp³-hybridized carbons (Fsp3) is 0.500. The van der Waals surface area contributed by atoms with Crippen LogP contribution in [0.4, 0.5) is 0 Å². The van der Waals surface area contributed by atoms with Crippen LogP contribution in [0, 0.1) is 6.92 Å². The van der Waals surface area contributed by atoms with Crippen LogP contribution in [0.5, 0.6) is 0 Å². The van der Waals surface area contributed by atoms with Crippen molar-refractivity contribution >= 4 is 23.5 Å². The summed E-state index contributed by atoms with van der Waals surface area (Å²) in [7, 11) is 0. The summed E-state index contributed by atoms with van der Waals surface area (Å²) in [5.41, 5.74) is 3.72. The summed E-state index contributed by atoms with van der Waals surface area (Å²) in [5.74, 6) is -0.0811. The summed E-state index contributed by atoms with van der Waals surface area (Å²) < 4.78 is 5.22. The van der Waals surface area contributed by atoms with Crippen LogP contribution in [-0.4, -0.2) is 49.9 Å². The van der Waals surface area contributed by atoms with Crippen molar-refractivity contribution in [2.45, 2.75) is 6.92 Å². The minimum Gasteiger partial charge on any atom is -0.379 e. The zero-order chi connectivity index (χ0) is 12.8. The van der Waals surface area contributed by atoms with E-state index in [1.54, 1.807) is 17.6 Å². The molecule has 6 heteroatoms. The van der Waals surface area contributed by atoms with Gasteiger partial charge in [0.25, 0.3) is 5.91 Å². The maximum absolute atomic E-state index is 11.6. The van der Waals surface area contributed by atoms with Gasteiger partial charge in [-0.15, -0.1) is 11.3 Å². The third-order valence-corrected chi connectivity index (χ3v) is 3.70. The molecule has 1 aromatic rings. The van der Waals surface area contributed by atoms with Crippen molar-refractivity contribution in [1.82, 2.24) is 10.3 Å². The Hall–Kier alpha value is -1.24. The van der Waals surface area contributed by atoms with Crippen molar-refractivity contribution in [3.63, 3.8) is 0 Å². The Labute approximate surface area is 110 Å². The zero-order valence-corrected chi connectivity index (χ0v) is 11.2. The molecule has 0 saturated carbocycles. The highest BCUT2D eigenvalue weighted by molar-refractivity contribution is 7.11. The van der Waals surface area contributed by atoms with E-state index in [9.17, 15) is 4.79 Å². The van der Waals surface area contributed by atoms with Crippen LogP contribution in [-0.2, 0) is 9.53 Å². The number of morpholine rings is 1. The first kappa shape index (κ1) is 13.2. The molecule has 98 valence electrons. The molecule has 0 aliphatic carbocycles. The Kier molecular flexibility index (Phi) is 4.86. The third kappa shape index (κ3) is 3.90. The number of hydrogen-bond acceptors (Lipinski definition) is 5. The summed E-state index contributed by atoms with van der Waals surface area (Å²) in [6.45, 7) is 5.41. The molecule has 1 N–H and O–H groups in total. The molecule has 1 aromatic heterocycles. The molecule has 2 rings (SSSR count). The highest BCUT2D eigenvalue weighted by Crippen LogP contribution is 2.12. The highest BCUT2D eigenvalue weighted by atomic mass is 32.1. The maximum atomic E-state index is 11.6. The van der Waals surface area contributed by atoms with E-state index in [4.69, 9.17) is 4.74 Å². The van der Waals surface area contributed by atoms with Crippen molar-refractivity contribution in [3.8, 4) is 0 Å². The monoisotopic (exact) mass is 267 g/mol. The molecule has 0 spiro atoms. The summed E-state index contributed by atoms with van der Waals surface area (Å²) in [6, 6.07) is 2.03. The van der Waals surface area contributed by atoms with Crippen LogP contribution in [0.25, 0.3) is 0 Å². The number of nitrogens with one attached hydrogen (secondary N) is 1. The molecule has 1 fully saturated rings. The van der Waals surface area contributed by atoms with E-state index in [0.717, 1.165) is 18.0 Å². The third-order valence-electron chi connectivity index (χ3n) is 2.74. The first-order chi connectivity index (χ1) is 8.75. The lowest BCUT2D eigenvalue weighted by molar-refractivity contribution is -0.123. The van der Waals surface area contributed by atoms with Gasteiger partial charge in [0.05, 0.1) is 26.0 Å². The molecule has 2 heterocycles. The van der Waals surface area contributed by atoms with Gasteiger partial charge < -0.3 is 4.74 Å². The van der Waals surface area contributed by atoms with Crippen LogP contribution in [0.2, 0.25) is 0 Å². The summed E-state index contributed by atoms with van der Waals surface area (Å²) in [6.07, 6.45) is 1.69. The molecule has 0 bridgehead atoms. The minimum atomic E-state index is -0.0811. The number of nitrogens with zero attached hydrogens (tertiary/aromatic N) is 2. The molecule has 1 aliphatic rings. The first-order valence-electron chi connectivity index (χ1n) is 5.92. The highest BCUT2D eigenvalue weighted by Gasteiger charge is 2.13. The van der Waals surface area contributed by atoms with Crippen molar-refractivity contribution in [1.29, 1.82) is 0 Å². The summed E-state index contributed by atoms with van der Waals surface area (Å²) in [5, 5.41) is 5.97. The van der Waals surface area contributed by atoms with Crippen molar-refractivity contribution < 1.29 is 9.53 Å². The molecule has 0 radical (unpaired) electrons. The van der Waals surface area contributed by atoms with Gasteiger partial charge >= 0.3 is 0 Å². The predicted molar refractivity (Wildman–Crippen MR) is 72.1 cm³/mol. The standard InChI is InChI=1S/C12H17N3O2S/c1-10-2-7-18-11(10)8-13-14-12(16)9-15-3-5-17-6-4-15/h2,7-8H,3-6,9H2,1H3,(H,14,16)/b13-8+. The van der Waals surface area contributed by atoms with E-state index in [2.05, 4.69) is 15.4 Å². The van der Waals surface area contributed by atoms with E-state index in [0.29, 0.717) is 19.8 Å². The largest absolute Gasteiger partial charge is 0.379 e. The number of rotatable bonds is 4. The minimum absolute atomic E-state index is 0.0811. The predicted octanol–water partition coefficient (Wildman–Crippen LogP) is 0.839. The molecule has 1 aliphatic heterocycles. The maximum Gasteiger partial charge on any atom is 0.254 e. The average molecular weight is 267 g/mol. The zero-order valence-electron chi connectivity index (χ0n) is 10.4. The topological polar surface area (TPSA) is 53.9 Å². The van der Waals surface area contributed by atoms with Crippen LogP contribution in [0.3, 0.4) is 0 Å². The van der Waals surface area contributed by atoms with Gasteiger partial charge in [0.15, 0.2) is 0 Å². The quantitative estimate of drug-likeness (QED) is 0.649. The van der Waals surface area contributed by atoms with E-state index < -0.39 is 0 Å². The number of carbonyl (C=O) groups excluding carboxylic acids is 1. The fourth-order valence-electron chi connectivity index (χ4n) is 1.68. The Morgan fingerprint density at radius 3 is 3.06 bits per heavy atom. The fourth-order valence-corrected chi connectivity index (χ4v) is 2.46. The lowest BCUT2D eigenvalue weighted by atomic mass is 10.3. The van der Waals surface area contributed by atoms with E-state index >= 15 is 0 Å². The molecule has 0 unspecified atom stereocenters. The van der Waals surface area contributed by atoms with E-state index in [1.807, 2.05) is 18.4 Å². The SMILES string of the molecule is Cc1ccsc1/C=N/NC(=O)CN1CCOCC1. The van der Waals surface area contributed by atoms with Crippen LogP contribution >= 0.6 is 11.3 Å². The number of amides is 1. The Morgan fingerprint density at radius 1 is 1.61 bits per heavy atom. The molecule has 18 heavy (non-hydrogen) atoms. The number of carbonyl (C=O) groups is 1. The molecule has 1 amide bonds. The Bertz CT molecular complexity index is 425. The second kappa shape index (κ2) is 6.63. The van der Waals surface area contributed by atoms with Crippen molar-refractivity contribution in [3.05, 3.63) is 21.9 Å². The Morgan fingerprint density at radius 2 is 2.39 bits per heavy atom. The van der Waals surface area contributed by atoms with Crippen LogP contribution in [0.15, 0.2) is 16.5 Å². The average Bonchev–Trinajstić information content (AvgIpc) is 2.76. The summed E-state index contributed by atoms with van der Waals surface area (Å²) >= 11 is 1.61. The molecule has 0 aromatic carbocycles. The van der Waals surface area contributed by atoms with Crippen molar-refractivity contribution in [2.75, 3.05) is 32.8 Å². The normalized spacial score (nSPS) is 17.2. The van der Waals surface area contributed by atoms with Gasteiger partial charge in [-0.2, -0.15) is 5.10 Å². The van der Waals surface area contributed by atoms with E-state index in [-0.39, 0.29) is 5.91 Å². The van der Waals surface area contributed by atoms with Gasteiger partial charge in [0.1, 0.15) is 0 Å². The van der Waals surface area contributed by atoms with Crippen LogP contribution < -0.4 is 5.43 Å². The first-order valence-corrected chi connectivity index (χ1v) is 6.80. The lowest BCUT2D eigenvalue weighted by Gasteiger charge is -2.25. The number of ether oxygens (including phenoxy) is 1. The molecule has 1 saturated heterocycles. The summed E-state index contributed by atoms with van der Waals surface area (Å²) in [4.78, 5) is 14.8. The lowest BCUT2D eigenvalue weighted by Crippen LogP contribution is -2.42. The van der Waals surface area contributed by atoms with Gasteiger partial charge in [-0.05, 0) is 23.9 Å². The second-order valence-corrected chi connectivity index (χ2v) is 5.10. The molecule has 0 atom stereocenters. The Balaban J connectivity index is 1.74. The molecular weight excluding hydrogens is 250 g/mol. The number of aryl methyl sites for hydroxylation is 1.